The fourth-order valence-electron chi connectivity index (χ4n) is 7.59. The molecule has 0 radical (unpaired) electrons. The van der Waals surface area contributed by atoms with Crippen LogP contribution in [-0.4, -0.2) is 22.6 Å². The minimum atomic E-state index is -0.458. The molecule has 2 atom stereocenters. The molecular weight excluding hydrogens is 621 g/mol. The second-order valence-corrected chi connectivity index (χ2v) is 17.5. The molecule has 0 bridgehead atoms. The highest BCUT2D eigenvalue weighted by atomic mass is 19.1. The molecule has 1 fully saturated rings. The maximum Gasteiger partial charge on any atom is 0.199 e. The Morgan fingerprint density at radius 1 is 0.800 bits per heavy atom. The molecule has 2 unspecified atom stereocenters. The van der Waals surface area contributed by atoms with Crippen LogP contribution in [0.25, 0.3) is 38.6 Å². The maximum atomic E-state index is 15.1. The first-order valence-corrected chi connectivity index (χ1v) is 18.5. The van der Waals surface area contributed by atoms with Crippen LogP contribution < -0.4 is 4.74 Å². The summed E-state index contributed by atoms with van der Waals surface area (Å²) in [7, 11) is 0. The third kappa shape index (κ3) is 7.04. The topological polar surface area (TPSA) is 43.6 Å². The molecule has 2 heterocycles. The summed E-state index contributed by atoms with van der Waals surface area (Å²) in [5, 5.41) is 13.7. The van der Waals surface area contributed by atoms with Crippen molar-refractivity contribution in [2.24, 2.45) is 5.41 Å². The van der Waals surface area contributed by atoms with Crippen molar-refractivity contribution in [2.75, 3.05) is 6.61 Å². The lowest BCUT2D eigenvalue weighted by atomic mass is 9.73. The predicted octanol–water partition coefficient (Wildman–Crippen LogP) is 12.7. The van der Waals surface area contributed by atoms with Crippen LogP contribution in [0.5, 0.6) is 11.5 Å². The number of halogens is 1. The standard InChI is InChI=1S/C45H56FNO3/c1-11-14-36(45(8,9)10)28-23-35(34-27-31(46)18-21-40(34)48)42(50-41-15-12-13-22-49-41)39(24-28)47-37-25-29(43(2,3)4)16-19-32(37)33-20-17-30(26-38(33)47)44(5,6)7/h16-21,23-27,36,41,48H,11-15,22H2,1-10H3. The van der Waals surface area contributed by atoms with E-state index < -0.39 is 12.1 Å². The highest BCUT2D eigenvalue weighted by Crippen LogP contribution is 2.49. The van der Waals surface area contributed by atoms with Gasteiger partial charge in [0.1, 0.15) is 11.6 Å². The van der Waals surface area contributed by atoms with Gasteiger partial charge in [0.05, 0.1) is 23.3 Å². The fourth-order valence-corrected chi connectivity index (χ4v) is 7.59. The maximum absolute atomic E-state index is 15.1. The van der Waals surface area contributed by atoms with Gasteiger partial charge in [-0.1, -0.05) is 99.9 Å². The van der Waals surface area contributed by atoms with E-state index in [4.69, 9.17) is 9.47 Å². The van der Waals surface area contributed by atoms with Gasteiger partial charge in [0.15, 0.2) is 12.0 Å². The highest BCUT2D eigenvalue weighted by molar-refractivity contribution is 6.10. The Morgan fingerprint density at radius 3 is 1.94 bits per heavy atom. The van der Waals surface area contributed by atoms with Crippen LogP contribution >= 0.6 is 0 Å². The zero-order valence-electron chi connectivity index (χ0n) is 31.8. The number of hydrogen-bond acceptors (Lipinski definition) is 3. The van der Waals surface area contributed by atoms with Gasteiger partial charge in [-0.05, 0) is 101 Å². The van der Waals surface area contributed by atoms with Crippen LogP contribution in [0, 0.1) is 11.2 Å². The molecule has 0 spiro atoms. The molecule has 1 N–H and O–H groups in total. The van der Waals surface area contributed by atoms with Gasteiger partial charge < -0.3 is 19.1 Å². The van der Waals surface area contributed by atoms with Crippen LogP contribution in [0.2, 0.25) is 0 Å². The summed E-state index contributed by atoms with van der Waals surface area (Å²) in [4.78, 5) is 0. The highest BCUT2D eigenvalue weighted by Gasteiger charge is 2.31. The SMILES string of the molecule is CCCC(c1cc(-c2cc(F)ccc2O)c(OC2CCCCO2)c(-n2c3cc(C(C)(C)C)ccc3c3ccc(C(C)(C)C)cc32)c1)C(C)(C)C. The van der Waals surface area contributed by atoms with Crippen molar-refractivity contribution in [3.05, 3.63) is 89.2 Å². The van der Waals surface area contributed by atoms with E-state index >= 15 is 4.39 Å². The van der Waals surface area contributed by atoms with Gasteiger partial charge in [0.2, 0.25) is 0 Å². The molecule has 1 aliphatic rings. The van der Waals surface area contributed by atoms with Crippen molar-refractivity contribution in [3.63, 3.8) is 0 Å². The molecule has 1 aliphatic heterocycles. The van der Waals surface area contributed by atoms with Crippen LogP contribution in [0.1, 0.15) is 124 Å². The summed E-state index contributed by atoms with van der Waals surface area (Å²) in [5.74, 6) is 0.391. The van der Waals surface area contributed by atoms with E-state index in [1.807, 2.05) is 0 Å². The first-order valence-electron chi connectivity index (χ1n) is 18.5. The second kappa shape index (κ2) is 13.4. The summed E-state index contributed by atoms with van der Waals surface area (Å²) in [6.45, 7) is 23.2. The van der Waals surface area contributed by atoms with Crippen molar-refractivity contribution in [1.82, 2.24) is 4.57 Å². The molecule has 0 saturated carbocycles. The Morgan fingerprint density at radius 2 is 1.42 bits per heavy atom. The Balaban J connectivity index is 1.81. The predicted molar refractivity (Wildman–Crippen MR) is 207 cm³/mol. The Kier molecular flexibility index (Phi) is 9.62. The van der Waals surface area contributed by atoms with Crippen LogP contribution in [0.3, 0.4) is 0 Å². The smallest absolute Gasteiger partial charge is 0.199 e. The third-order valence-corrected chi connectivity index (χ3v) is 10.5. The van der Waals surface area contributed by atoms with E-state index in [9.17, 15) is 5.11 Å². The van der Waals surface area contributed by atoms with E-state index in [2.05, 4.69) is 122 Å². The number of rotatable bonds is 7. The summed E-state index contributed by atoms with van der Waals surface area (Å²) in [5.41, 5.74) is 7.55. The van der Waals surface area contributed by atoms with Gasteiger partial charge in [0, 0.05) is 28.3 Å². The van der Waals surface area contributed by atoms with Gasteiger partial charge >= 0.3 is 0 Å². The van der Waals surface area contributed by atoms with Gasteiger partial charge in [-0.3, -0.25) is 0 Å². The number of benzene rings is 4. The first-order chi connectivity index (χ1) is 23.5. The molecule has 6 rings (SSSR count). The Hall–Kier alpha value is -3.83. The van der Waals surface area contributed by atoms with E-state index in [0.29, 0.717) is 23.5 Å². The molecule has 0 aliphatic carbocycles. The average molecular weight is 678 g/mol. The third-order valence-electron chi connectivity index (χ3n) is 10.5. The van der Waals surface area contributed by atoms with Crippen molar-refractivity contribution >= 4 is 21.8 Å². The molecule has 266 valence electrons. The molecule has 5 aromatic rings. The number of fused-ring (bicyclic) bond motifs is 3. The molecule has 0 amide bonds. The van der Waals surface area contributed by atoms with Crippen LogP contribution in [-0.2, 0) is 15.6 Å². The molecule has 4 nitrogen and oxygen atoms in total. The average Bonchev–Trinajstić information content (AvgIpc) is 3.37. The van der Waals surface area contributed by atoms with Crippen LogP contribution in [0.15, 0.2) is 66.7 Å². The summed E-state index contributed by atoms with van der Waals surface area (Å²) in [6.07, 6.45) is 4.29. The second-order valence-electron chi connectivity index (χ2n) is 17.5. The minimum Gasteiger partial charge on any atom is -0.507 e. The normalized spacial score (nSPS) is 16.7. The van der Waals surface area contributed by atoms with Crippen molar-refractivity contribution in [3.8, 4) is 28.3 Å². The quantitative estimate of drug-likeness (QED) is 0.186. The largest absolute Gasteiger partial charge is 0.507 e. The van der Waals surface area contributed by atoms with Gasteiger partial charge in [-0.25, -0.2) is 4.39 Å². The Bertz CT molecular complexity index is 1940. The van der Waals surface area contributed by atoms with Gasteiger partial charge in [0.25, 0.3) is 0 Å². The molecule has 50 heavy (non-hydrogen) atoms. The zero-order valence-corrected chi connectivity index (χ0v) is 31.8. The Labute approximate surface area is 298 Å². The zero-order chi connectivity index (χ0) is 36.2. The molecule has 5 heteroatoms. The number of ether oxygens (including phenoxy) is 2. The van der Waals surface area contributed by atoms with Crippen LogP contribution in [0.4, 0.5) is 4.39 Å². The van der Waals surface area contributed by atoms with Crippen molar-refractivity contribution < 1.29 is 19.0 Å². The van der Waals surface area contributed by atoms with Gasteiger partial charge in [-0.15, -0.1) is 0 Å². The molecule has 1 aromatic heterocycles. The fraction of sp³-hybridized carbons (Fsp3) is 0.467. The number of nitrogens with zero attached hydrogens (tertiary/aromatic N) is 1. The number of phenols is 1. The number of phenolic OH excluding ortho intramolecular Hbond substituents is 1. The molecular formula is C45H56FNO3. The van der Waals surface area contributed by atoms with E-state index in [0.717, 1.165) is 65.2 Å². The number of hydrogen-bond donors (Lipinski definition) is 1. The summed E-state index contributed by atoms with van der Waals surface area (Å²) >= 11 is 0. The monoisotopic (exact) mass is 677 g/mol. The van der Waals surface area contributed by atoms with Gasteiger partial charge in [-0.2, -0.15) is 0 Å². The van der Waals surface area contributed by atoms with Crippen molar-refractivity contribution in [1.29, 1.82) is 0 Å². The lowest BCUT2D eigenvalue weighted by Crippen LogP contribution is -2.26. The number of aromatic nitrogens is 1. The molecule has 4 aromatic carbocycles. The first kappa shape index (κ1) is 36.0. The lowest BCUT2D eigenvalue weighted by Gasteiger charge is -2.33. The summed E-state index contributed by atoms with van der Waals surface area (Å²) in [6, 6.07) is 22.3. The van der Waals surface area contributed by atoms with E-state index in [-0.39, 0.29) is 27.9 Å². The lowest BCUT2D eigenvalue weighted by molar-refractivity contribution is -0.105. The summed E-state index contributed by atoms with van der Waals surface area (Å²) < 4.78 is 30.7. The van der Waals surface area contributed by atoms with E-state index in [1.165, 1.54) is 29.3 Å². The minimum absolute atomic E-state index is 0.0129. The van der Waals surface area contributed by atoms with E-state index in [1.54, 1.807) is 0 Å². The van der Waals surface area contributed by atoms with Crippen molar-refractivity contribution in [2.45, 2.75) is 124 Å². The number of aromatic hydroxyl groups is 1. The molecule has 1 saturated heterocycles.